The molecule has 4 heteroatoms. The summed E-state index contributed by atoms with van der Waals surface area (Å²) in [4.78, 5) is 3.89. The molecule has 1 heterocycles. The third-order valence-corrected chi connectivity index (χ3v) is 2.87. The number of hydrogen-bond acceptors (Lipinski definition) is 3. The minimum absolute atomic E-state index is 0.344. The molecule has 1 aromatic carbocycles. The van der Waals surface area contributed by atoms with E-state index in [9.17, 15) is 9.50 Å². The van der Waals surface area contributed by atoms with Gasteiger partial charge in [0, 0.05) is 12.6 Å². The van der Waals surface area contributed by atoms with Crippen molar-refractivity contribution in [3.63, 3.8) is 0 Å². The van der Waals surface area contributed by atoms with Gasteiger partial charge in [0.2, 0.25) is 0 Å². The average molecular weight is 246 g/mol. The molecule has 0 fully saturated rings. The summed E-state index contributed by atoms with van der Waals surface area (Å²) in [6.45, 7) is 1.85. The first-order valence-electron chi connectivity index (χ1n) is 5.71. The second-order valence-corrected chi connectivity index (χ2v) is 4.31. The molecule has 18 heavy (non-hydrogen) atoms. The standard InChI is InChI=1S/C14H15FN2O/c1-9-2-3-11(15)8-12(9)13(18)6-10-4-5-17-14(16)7-10/h2-5,7-8,13,18H,6H2,1H3,(H2,16,17). The zero-order valence-corrected chi connectivity index (χ0v) is 10.1. The van der Waals surface area contributed by atoms with E-state index < -0.39 is 6.10 Å². The van der Waals surface area contributed by atoms with E-state index >= 15 is 0 Å². The predicted octanol–water partition coefficient (Wildman–Crippen LogP) is 2.39. The number of nitrogen functional groups attached to an aromatic ring is 1. The topological polar surface area (TPSA) is 59.1 Å². The number of halogens is 1. The van der Waals surface area contributed by atoms with Crippen LogP contribution in [0.2, 0.25) is 0 Å². The molecule has 0 aliphatic heterocycles. The molecule has 0 aliphatic rings. The first kappa shape index (κ1) is 12.5. The minimum atomic E-state index is -0.748. The maximum absolute atomic E-state index is 13.2. The molecule has 0 saturated heterocycles. The summed E-state index contributed by atoms with van der Waals surface area (Å²) in [6, 6.07) is 7.90. The maximum Gasteiger partial charge on any atom is 0.123 e. The molecule has 94 valence electrons. The quantitative estimate of drug-likeness (QED) is 0.874. The summed E-state index contributed by atoms with van der Waals surface area (Å²) >= 11 is 0. The highest BCUT2D eigenvalue weighted by Gasteiger charge is 2.12. The second kappa shape index (κ2) is 5.14. The number of nitrogens with two attached hydrogens (primary N) is 1. The van der Waals surface area contributed by atoms with E-state index in [1.807, 2.05) is 6.92 Å². The Bertz CT molecular complexity index is 557. The number of aliphatic hydroxyl groups is 1. The van der Waals surface area contributed by atoms with E-state index in [-0.39, 0.29) is 5.82 Å². The van der Waals surface area contributed by atoms with Crippen LogP contribution in [0, 0.1) is 12.7 Å². The molecule has 0 saturated carbocycles. The monoisotopic (exact) mass is 246 g/mol. The Labute approximate surface area is 105 Å². The van der Waals surface area contributed by atoms with Crippen molar-refractivity contribution >= 4 is 5.82 Å². The van der Waals surface area contributed by atoms with Crippen molar-refractivity contribution in [3.8, 4) is 0 Å². The lowest BCUT2D eigenvalue weighted by atomic mass is 9.98. The highest BCUT2D eigenvalue weighted by Crippen LogP contribution is 2.22. The highest BCUT2D eigenvalue weighted by atomic mass is 19.1. The molecule has 2 rings (SSSR count). The van der Waals surface area contributed by atoms with E-state index in [1.165, 1.54) is 12.1 Å². The highest BCUT2D eigenvalue weighted by molar-refractivity contribution is 5.34. The maximum atomic E-state index is 13.2. The van der Waals surface area contributed by atoms with Crippen molar-refractivity contribution in [1.82, 2.24) is 4.98 Å². The summed E-state index contributed by atoms with van der Waals surface area (Å²) in [5.41, 5.74) is 7.92. The number of nitrogens with zero attached hydrogens (tertiary/aromatic N) is 1. The number of aryl methyl sites for hydroxylation is 1. The van der Waals surface area contributed by atoms with Crippen LogP contribution in [-0.4, -0.2) is 10.1 Å². The van der Waals surface area contributed by atoms with E-state index in [0.29, 0.717) is 17.8 Å². The number of rotatable bonds is 3. The number of aromatic nitrogens is 1. The van der Waals surface area contributed by atoms with Crippen LogP contribution in [0.5, 0.6) is 0 Å². The Balaban J connectivity index is 2.21. The largest absolute Gasteiger partial charge is 0.388 e. The Morgan fingerprint density at radius 1 is 1.33 bits per heavy atom. The van der Waals surface area contributed by atoms with Crippen molar-refractivity contribution in [3.05, 3.63) is 59.0 Å². The Kier molecular flexibility index (Phi) is 3.58. The van der Waals surface area contributed by atoms with Crippen LogP contribution in [-0.2, 0) is 6.42 Å². The van der Waals surface area contributed by atoms with Crippen LogP contribution >= 0.6 is 0 Å². The lowest BCUT2D eigenvalue weighted by molar-refractivity contribution is 0.177. The molecular formula is C14H15FN2O. The number of anilines is 1. The molecule has 0 bridgehead atoms. The predicted molar refractivity (Wildman–Crippen MR) is 68.5 cm³/mol. The summed E-state index contributed by atoms with van der Waals surface area (Å²) in [5.74, 6) is 0.0690. The van der Waals surface area contributed by atoms with Crippen LogP contribution in [0.25, 0.3) is 0 Å². The van der Waals surface area contributed by atoms with Gasteiger partial charge in [-0.15, -0.1) is 0 Å². The molecular weight excluding hydrogens is 231 g/mol. The zero-order valence-electron chi connectivity index (χ0n) is 10.1. The summed E-state index contributed by atoms with van der Waals surface area (Å²) in [5, 5.41) is 10.1. The molecule has 3 N–H and O–H groups in total. The van der Waals surface area contributed by atoms with Crippen molar-refractivity contribution in [2.75, 3.05) is 5.73 Å². The second-order valence-electron chi connectivity index (χ2n) is 4.31. The minimum Gasteiger partial charge on any atom is -0.388 e. The first-order valence-corrected chi connectivity index (χ1v) is 5.71. The molecule has 0 amide bonds. The third-order valence-electron chi connectivity index (χ3n) is 2.87. The number of hydrogen-bond donors (Lipinski definition) is 2. The van der Waals surface area contributed by atoms with Crippen LogP contribution in [0.3, 0.4) is 0 Å². The van der Waals surface area contributed by atoms with Crippen molar-refractivity contribution in [2.24, 2.45) is 0 Å². The van der Waals surface area contributed by atoms with E-state index in [2.05, 4.69) is 4.98 Å². The smallest absolute Gasteiger partial charge is 0.123 e. The van der Waals surface area contributed by atoms with Gasteiger partial charge in [-0.1, -0.05) is 6.07 Å². The van der Waals surface area contributed by atoms with Gasteiger partial charge in [0.1, 0.15) is 11.6 Å². The molecule has 1 aromatic heterocycles. The van der Waals surface area contributed by atoms with Gasteiger partial charge >= 0.3 is 0 Å². The van der Waals surface area contributed by atoms with Crippen LogP contribution < -0.4 is 5.73 Å². The van der Waals surface area contributed by atoms with Crippen molar-refractivity contribution < 1.29 is 9.50 Å². The van der Waals surface area contributed by atoms with Gasteiger partial charge in [0.15, 0.2) is 0 Å². The normalized spacial score (nSPS) is 12.4. The van der Waals surface area contributed by atoms with Gasteiger partial charge in [0.05, 0.1) is 6.10 Å². The van der Waals surface area contributed by atoms with E-state index in [1.54, 1.807) is 24.4 Å². The van der Waals surface area contributed by atoms with Gasteiger partial charge in [-0.3, -0.25) is 0 Å². The number of pyridine rings is 1. The molecule has 0 radical (unpaired) electrons. The average Bonchev–Trinajstić information content (AvgIpc) is 2.32. The number of benzene rings is 1. The lowest BCUT2D eigenvalue weighted by Gasteiger charge is -2.14. The Morgan fingerprint density at radius 2 is 2.11 bits per heavy atom. The third kappa shape index (κ3) is 2.84. The van der Waals surface area contributed by atoms with Crippen LogP contribution in [0.15, 0.2) is 36.5 Å². The molecule has 3 nitrogen and oxygen atoms in total. The molecule has 1 atom stereocenters. The fourth-order valence-electron chi connectivity index (χ4n) is 1.92. The van der Waals surface area contributed by atoms with Gasteiger partial charge in [0.25, 0.3) is 0 Å². The summed E-state index contributed by atoms with van der Waals surface area (Å²) < 4.78 is 13.2. The fourth-order valence-corrected chi connectivity index (χ4v) is 1.92. The van der Waals surface area contributed by atoms with Gasteiger partial charge < -0.3 is 10.8 Å². The van der Waals surface area contributed by atoms with Crippen molar-refractivity contribution in [1.29, 1.82) is 0 Å². The molecule has 2 aromatic rings. The summed E-state index contributed by atoms with van der Waals surface area (Å²) in [7, 11) is 0. The van der Waals surface area contributed by atoms with Gasteiger partial charge in [-0.25, -0.2) is 9.37 Å². The zero-order chi connectivity index (χ0) is 13.1. The lowest BCUT2D eigenvalue weighted by Crippen LogP contribution is -2.05. The molecule has 0 aliphatic carbocycles. The fraction of sp³-hybridized carbons (Fsp3) is 0.214. The molecule has 0 spiro atoms. The Morgan fingerprint density at radius 3 is 2.83 bits per heavy atom. The number of aliphatic hydroxyl groups excluding tert-OH is 1. The SMILES string of the molecule is Cc1ccc(F)cc1C(O)Cc1ccnc(N)c1. The van der Waals surface area contributed by atoms with Crippen LogP contribution in [0.4, 0.5) is 10.2 Å². The first-order chi connectivity index (χ1) is 8.56. The van der Waals surface area contributed by atoms with Crippen LogP contribution in [0.1, 0.15) is 22.8 Å². The van der Waals surface area contributed by atoms with E-state index in [0.717, 1.165) is 11.1 Å². The van der Waals surface area contributed by atoms with Gasteiger partial charge in [-0.05, 0) is 47.9 Å². The summed E-state index contributed by atoms with van der Waals surface area (Å²) in [6.07, 6.45) is 1.23. The Hall–Kier alpha value is -1.94. The van der Waals surface area contributed by atoms with Crippen molar-refractivity contribution in [2.45, 2.75) is 19.4 Å². The van der Waals surface area contributed by atoms with Gasteiger partial charge in [-0.2, -0.15) is 0 Å². The van der Waals surface area contributed by atoms with E-state index in [4.69, 9.17) is 5.73 Å². The molecule has 1 unspecified atom stereocenters.